The minimum Gasteiger partial charge on any atom is -0.411 e. The SMILES string of the molecule is C[C@@H](Sc1nnc(-c2ccccc2F)o1)C(=O)N(C)[C@H]1CCS(=O)(=O)C1. The Bertz CT molecular complexity index is 916. The molecule has 1 aromatic carbocycles. The van der Waals surface area contributed by atoms with Crippen LogP contribution in [0.15, 0.2) is 33.9 Å². The summed E-state index contributed by atoms with van der Waals surface area (Å²) in [5.74, 6) is -0.556. The summed E-state index contributed by atoms with van der Waals surface area (Å²) in [6, 6.07) is 5.73. The Hall–Kier alpha value is -1.94. The maximum atomic E-state index is 13.8. The van der Waals surface area contributed by atoms with Crippen LogP contribution < -0.4 is 0 Å². The Morgan fingerprint density at radius 1 is 1.38 bits per heavy atom. The largest absolute Gasteiger partial charge is 0.411 e. The van der Waals surface area contributed by atoms with Gasteiger partial charge in [-0.25, -0.2) is 12.8 Å². The first-order valence-corrected chi connectivity index (χ1v) is 10.7. The Kier molecular flexibility index (Phi) is 5.33. The van der Waals surface area contributed by atoms with E-state index >= 15 is 0 Å². The number of carbonyl (C=O) groups is 1. The third kappa shape index (κ3) is 4.07. The molecule has 2 aromatic rings. The molecule has 0 saturated carbocycles. The fourth-order valence-corrected chi connectivity index (χ4v) is 5.31. The van der Waals surface area contributed by atoms with Crippen LogP contribution in [0.25, 0.3) is 11.5 Å². The van der Waals surface area contributed by atoms with Gasteiger partial charge in [-0.1, -0.05) is 23.9 Å². The Morgan fingerprint density at radius 2 is 2.12 bits per heavy atom. The third-order valence-electron chi connectivity index (χ3n) is 4.24. The Morgan fingerprint density at radius 3 is 2.77 bits per heavy atom. The number of halogens is 1. The zero-order chi connectivity index (χ0) is 18.9. The highest BCUT2D eigenvalue weighted by Gasteiger charge is 2.34. The van der Waals surface area contributed by atoms with E-state index in [1.54, 1.807) is 26.1 Å². The highest BCUT2D eigenvalue weighted by atomic mass is 32.2. The number of carbonyl (C=O) groups excluding carboxylic acids is 1. The molecule has 0 N–H and O–H groups in total. The quantitative estimate of drug-likeness (QED) is 0.710. The highest BCUT2D eigenvalue weighted by Crippen LogP contribution is 2.29. The van der Waals surface area contributed by atoms with Crippen molar-refractivity contribution < 1.29 is 22.0 Å². The molecular weight excluding hydrogens is 381 g/mol. The highest BCUT2D eigenvalue weighted by molar-refractivity contribution is 8.00. The van der Waals surface area contributed by atoms with E-state index in [0.29, 0.717) is 6.42 Å². The molecular formula is C16H18FN3O4S2. The van der Waals surface area contributed by atoms with Gasteiger partial charge in [0.05, 0.1) is 22.3 Å². The molecule has 3 rings (SSSR count). The van der Waals surface area contributed by atoms with Crippen molar-refractivity contribution in [1.29, 1.82) is 0 Å². The van der Waals surface area contributed by atoms with E-state index in [4.69, 9.17) is 4.42 Å². The first-order valence-electron chi connectivity index (χ1n) is 7.99. The average molecular weight is 399 g/mol. The predicted octanol–water partition coefficient (Wildman–Crippen LogP) is 2.00. The molecule has 0 unspecified atom stereocenters. The summed E-state index contributed by atoms with van der Waals surface area (Å²) < 4.78 is 42.4. The number of aromatic nitrogens is 2. The number of amides is 1. The van der Waals surface area contributed by atoms with Crippen molar-refractivity contribution in [1.82, 2.24) is 15.1 Å². The zero-order valence-electron chi connectivity index (χ0n) is 14.3. The molecule has 1 aliphatic heterocycles. The van der Waals surface area contributed by atoms with E-state index in [2.05, 4.69) is 10.2 Å². The van der Waals surface area contributed by atoms with Crippen LogP contribution in [0.1, 0.15) is 13.3 Å². The maximum absolute atomic E-state index is 13.8. The zero-order valence-corrected chi connectivity index (χ0v) is 15.9. The second-order valence-corrected chi connectivity index (χ2v) is 9.64. The molecule has 0 aliphatic carbocycles. The standard InChI is InChI=1S/C16H18FN3O4S2/c1-10(15(21)20(2)11-7-8-26(22,23)9-11)25-16-19-18-14(24-16)12-5-3-4-6-13(12)17/h3-6,10-11H,7-9H2,1-2H3/t10-,11+/m1/s1. The van der Waals surface area contributed by atoms with Crippen LogP contribution in [-0.2, 0) is 14.6 Å². The van der Waals surface area contributed by atoms with E-state index in [1.807, 2.05) is 0 Å². The number of hydrogen-bond donors (Lipinski definition) is 0. The summed E-state index contributed by atoms with van der Waals surface area (Å²) in [4.78, 5) is 14.0. The minimum atomic E-state index is -3.07. The molecule has 2 heterocycles. The summed E-state index contributed by atoms with van der Waals surface area (Å²) in [6.07, 6.45) is 0.444. The topological polar surface area (TPSA) is 93.4 Å². The Balaban J connectivity index is 1.66. The fraction of sp³-hybridized carbons (Fsp3) is 0.438. The normalized spacial score (nSPS) is 20.0. The lowest BCUT2D eigenvalue weighted by Crippen LogP contribution is -2.41. The molecule has 1 saturated heterocycles. The van der Waals surface area contributed by atoms with Crippen LogP contribution in [0.3, 0.4) is 0 Å². The van der Waals surface area contributed by atoms with Crippen molar-refractivity contribution in [2.24, 2.45) is 0 Å². The van der Waals surface area contributed by atoms with Gasteiger partial charge in [0.1, 0.15) is 5.82 Å². The lowest BCUT2D eigenvalue weighted by atomic mass is 10.2. The molecule has 7 nitrogen and oxygen atoms in total. The molecule has 1 fully saturated rings. The van der Waals surface area contributed by atoms with Gasteiger partial charge in [0, 0.05) is 13.1 Å². The fourth-order valence-electron chi connectivity index (χ4n) is 2.75. The molecule has 10 heteroatoms. The van der Waals surface area contributed by atoms with Crippen LogP contribution in [-0.4, -0.2) is 59.3 Å². The summed E-state index contributed by atoms with van der Waals surface area (Å²) >= 11 is 1.06. The smallest absolute Gasteiger partial charge is 0.277 e. The number of hydrogen-bond acceptors (Lipinski definition) is 7. The van der Waals surface area contributed by atoms with Crippen molar-refractivity contribution in [3.05, 3.63) is 30.1 Å². The van der Waals surface area contributed by atoms with E-state index < -0.39 is 20.9 Å². The van der Waals surface area contributed by atoms with Gasteiger partial charge < -0.3 is 9.32 Å². The van der Waals surface area contributed by atoms with Gasteiger partial charge >= 0.3 is 0 Å². The molecule has 1 aliphatic rings. The van der Waals surface area contributed by atoms with Crippen LogP contribution in [0.2, 0.25) is 0 Å². The van der Waals surface area contributed by atoms with E-state index in [9.17, 15) is 17.6 Å². The predicted molar refractivity (Wildman–Crippen MR) is 94.8 cm³/mol. The number of thioether (sulfide) groups is 1. The van der Waals surface area contributed by atoms with Crippen molar-refractivity contribution in [2.45, 2.75) is 29.9 Å². The minimum absolute atomic E-state index is 0.00931. The van der Waals surface area contributed by atoms with Crippen molar-refractivity contribution >= 4 is 27.5 Å². The van der Waals surface area contributed by atoms with Crippen LogP contribution in [0.4, 0.5) is 4.39 Å². The summed E-state index contributed by atoms with van der Waals surface area (Å²) in [5, 5.41) is 7.27. The second kappa shape index (κ2) is 7.36. The van der Waals surface area contributed by atoms with Gasteiger partial charge in [-0.2, -0.15) is 0 Å². The number of benzene rings is 1. The number of nitrogens with zero attached hydrogens (tertiary/aromatic N) is 3. The van der Waals surface area contributed by atoms with Gasteiger partial charge in [0.2, 0.25) is 5.91 Å². The first-order chi connectivity index (χ1) is 12.3. The van der Waals surface area contributed by atoms with Crippen molar-refractivity contribution in [3.63, 3.8) is 0 Å². The lowest BCUT2D eigenvalue weighted by Gasteiger charge is -2.25. The van der Waals surface area contributed by atoms with E-state index in [1.165, 1.54) is 17.0 Å². The number of sulfone groups is 1. The van der Waals surface area contributed by atoms with Gasteiger partial charge in [0.15, 0.2) is 9.84 Å². The maximum Gasteiger partial charge on any atom is 0.277 e. The molecule has 26 heavy (non-hydrogen) atoms. The molecule has 1 aromatic heterocycles. The van der Waals surface area contributed by atoms with Crippen LogP contribution in [0, 0.1) is 5.82 Å². The molecule has 0 radical (unpaired) electrons. The monoisotopic (exact) mass is 399 g/mol. The van der Waals surface area contributed by atoms with E-state index in [0.717, 1.165) is 11.8 Å². The molecule has 140 valence electrons. The van der Waals surface area contributed by atoms with Crippen molar-refractivity contribution in [2.75, 3.05) is 18.6 Å². The van der Waals surface area contributed by atoms with Gasteiger partial charge in [-0.05, 0) is 25.5 Å². The van der Waals surface area contributed by atoms with E-state index in [-0.39, 0.29) is 40.1 Å². The van der Waals surface area contributed by atoms with Gasteiger partial charge in [-0.15, -0.1) is 10.2 Å². The van der Waals surface area contributed by atoms with Crippen LogP contribution >= 0.6 is 11.8 Å². The average Bonchev–Trinajstić information content (AvgIpc) is 3.20. The summed E-state index contributed by atoms with van der Waals surface area (Å²) in [7, 11) is -1.47. The Labute approximate surface area is 154 Å². The number of rotatable bonds is 5. The molecule has 0 bridgehead atoms. The molecule has 2 atom stereocenters. The molecule has 1 amide bonds. The molecule has 0 spiro atoms. The van der Waals surface area contributed by atoms with Crippen molar-refractivity contribution in [3.8, 4) is 11.5 Å². The second-order valence-electron chi connectivity index (χ2n) is 6.12. The summed E-state index contributed by atoms with van der Waals surface area (Å²) in [5.41, 5.74) is 0.194. The summed E-state index contributed by atoms with van der Waals surface area (Å²) in [6.45, 7) is 1.68. The first kappa shape index (κ1) is 18.8. The third-order valence-corrected chi connectivity index (χ3v) is 6.91. The van der Waals surface area contributed by atoms with Gasteiger partial charge in [-0.3, -0.25) is 4.79 Å². The lowest BCUT2D eigenvalue weighted by molar-refractivity contribution is -0.130. The van der Waals surface area contributed by atoms with Crippen LogP contribution in [0.5, 0.6) is 0 Å². The van der Waals surface area contributed by atoms with Gasteiger partial charge in [0.25, 0.3) is 11.1 Å².